The second kappa shape index (κ2) is 16.8. The van der Waals surface area contributed by atoms with Gasteiger partial charge in [0, 0.05) is 23.7 Å². The first-order valence-corrected chi connectivity index (χ1v) is 14.1. The Labute approximate surface area is 231 Å². The molecule has 0 bridgehead atoms. The standard InChI is InChI=1S/C31H41N5O3/c1-3-5-6-7-8-9-13-16-29(37)32-23-30(38)34-33-22-26-24-36(27-14-11-10-12-15-27)35-31(26)25-17-19-28(20-18-25)39-21-4-2/h10-12,14-15,17-20,22,24H,3-9,13,16,21,23H2,1-2H3,(H,32,37)(H,34,38)/b33-22+. The van der Waals surface area contributed by atoms with E-state index in [1.165, 1.54) is 25.7 Å². The van der Waals surface area contributed by atoms with Gasteiger partial charge in [0.2, 0.25) is 5.91 Å². The van der Waals surface area contributed by atoms with E-state index in [9.17, 15) is 9.59 Å². The molecule has 39 heavy (non-hydrogen) atoms. The van der Waals surface area contributed by atoms with E-state index >= 15 is 0 Å². The highest BCUT2D eigenvalue weighted by atomic mass is 16.5. The molecule has 8 heteroatoms. The van der Waals surface area contributed by atoms with Crippen LogP contribution in [-0.2, 0) is 9.59 Å². The van der Waals surface area contributed by atoms with E-state index in [2.05, 4.69) is 29.7 Å². The van der Waals surface area contributed by atoms with Crippen molar-refractivity contribution in [1.29, 1.82) is 0 Å². The van der Waals surface area contributed by atoms with Gasteiger partial charge >= 0.3 is 0 Å². The summed E-state index contributed by atoms with van der Waals surface area (Å²) in [5.41, 5.74) is 5.78. The molecule has 0 radical (unpaired) electrons. The van der Waals surface area contributed by atoms with Crippen LogP contribution < -0.4 is 15.5 Å². The maximum absolute atomic E-state index is 12.2. The third-order valence-electron chi connectivity index (χ3n) is 6.21. The zero-order chi connectivity index (χ0) is 27.7. The fourth-order valence-electron chi connectivity index (χ4n) is 4.07. The summed E-state index contributed by atoms with van der Waals surface area (Å²) in [5, 5.41) is 11.6. The first-order chi connectivity index (χ1) is 19.1. The van der Waals surface area contributed by atoms with Gasteiger partial charge in [-0.2, -0.15) is 10.2 Å². The van der Waals surface area contributed by atoms with Crippen molar-refractivity contribution in [2.24, 2.45) is 5.10 Å². The maximum Gasteiger partial charge on any atom is 0.259 e. The third-order valence-corrected chi connectivity index (χ3v) is 6.21. The van der Waals surface area contributed by atoms with Crippen molar-refractivity contribution in [3.8, 4) is 22.7 Å². The average Bonchev–Trinajstić information content (AvgIpc) is 3.39. The highest BCUT2D eigenvalue weighted by molar-refractivity contribution is 5.90. The van der Waals surface area contributed by atoms with E-state index in [4.69, 9.17) is 9.84 Å². The van der Waals surface area contributed by atoms with Gasteiger partial charge in [0.15, 0.2) is 0 Å². The highest BCUT2D eigenvalue weighted by Gasteiger charge is 2.12. The van der Waals surface area contributed by atoms with Crippen molar-refractivity contribution in [3.05, 3.63) is 66.4 Å². The fraction of sp³-hybridized carbons (Fsp3) is 0.419. The first kappa shape index (κ1) is 29.6. The van der Waals surface area contributed by atoms with Gasteiger partial charge in [0.1, 0.15) is 11.4 Å². The lowest BCUT2D eigenvalue weighted by molar-refractivity contribution is -0.126. The van der Waals surface area contributed by atoms with Crippen LogP contribution in [0.25, 0.3) is 16.9 Å². The van der Waals surface area contributed by atoms with Crippen molar-refractivity contribution < 1.29 is 14.3 Å². The fourth-order valence-corrected chi connectivity index (χ4v) is 4.07. The SMILES string of the molecule is CCCCCCCCCC(=O)NCC(=O)N/N=C/c1cn(-c2ccccc2)nc1-c1ccc(OCCC)cc1. The summed E-state index contributed by atoms with van der Waals surface area (Å²) in [6.45, 7) is 4.83. The number of rotatable bonds is 17. The molecule has 1 heterocycles. The molecular weight excluding hydrogens is 490 g/mol. The number of carbonyl (C=O) groups is 2. The Morgan fingerprint density at radius 3 is 2.33 bits per heavy atom. The van der Waals surface area contributed by atoms with Gasteiger partial charge in [-0.25, -0.2) is 10.1 Å². The normalized spacial score (nSPS) is 11.0. The minimum atomic E-state index is -0.381. The largest absolute Gasteiger partial charge is 0.494 e. The van der Waals surface area contributed by atoms with Crippen LogP contribution in [0, 0.1) is 0 Å². The summed E-state index contributed by atoms with van der Waals surface area (Å²) < 4.78 is 7.48. The number of ether oxygens (including phenoxy) is 1. The second-order valence-corrected chi connectivity index (χ2v) is 9.53. The van der Waals surface area contributed by atoms with Gasteiger partial charge < -0.3 is 10.1 Å². The molecular formula is C31H41N5O3. The number of carbonyl (C=O) groups excluding carboxylic acids is 2. The van der Waals surface area contributed by atoms with Crippen LogP contribution in [0.1, 0.15) is 77.2 Å². The minimum Gasteiger partial charge on any atom is -0.494 e. The number of hydrogen-bond acceptors (Lipinski definition) is 5. The van der Waals surface area contributed by atoms with Crippen molar-refractivity contribution in [2.45, 2.75) is 71.6 Å². The molecule has 0 aliphatic carbocycles. The Balaban J connectivity index is 1.55. The summed E-state index contributed by atoms with van der Waals surface area (Å²) in [7, 11) is 0. The van der Waals surface area contributed by atoms with Crippen LogP contribution in [-0.4, -0.2) is 41.0 Å². The number of benzene rings is 2. The average molecular weight is 532 g/mol. The predicted molar refractivity (Wildman–Crippen MR) is 156 cm³/mol. The molecule has 0 atom stereocenters. The molecule has 0 saturated carbocycles. The van der Waals surface area contributed by atoms with Gasteiger partial charge in [0.25, 0.3) is 5.91 Å². The molecule has 0 spiro atoms. The molecule has 2 aromatic carbocycles. The molecule has 3 rings (SSSR count). The molecule has 0 unspecified atom stereocenters. The number of para-hydroxylation sites is 1. The van der Waals surface area contributed by atoms with Crippen molar-refractivity contribution in [1.82, 2.24) is 20.5 Å². The Kier molecular flexibility index (Phi) is 12.8. The third kappa shape index (κ3) is 10.4. The molecule has 2 amide bonds. The molecule has 0 aliphatic rings. The van der Waals surface area contributed by atoms with Crippen LogP contribution in [0.4, 0.5) is 0 Å². The molecule has 208 valence electrons. The molecule has 1 aromatic heterocycles. The molecule has 8 nitrogen and oxygen atoms in total. The lowest BCUT2D eigenvalue weighted by Crippen LogP contribution is -2.34. The Hall–Kier alpha value is -3.94. The monoisotopic (exact) mass is 531 g/mol. The molecule has 0 saturated heterocycles. The van der Waals surface area contributed by atoms with Crippen LogP contribution in [0.5, 0.6) is 5.75 Å². The lowest BCUT2D eigenvalue weighted by Gasteiger charge is -2.05. The number of unbranched alkanes of at least 4 members (excludes halogenated alkanes) is 6. The van der Waals surface area contributed by atoms with Gasteiger partial charge in [-0.3, -0.25) is 9.59 Å². The molecule has 0 fully saturated rings. The summed E-state index contributed by atoms with van der Waals surface area (Å²) in [5.74, 6) is 0.314. The second-order valence-electron chi connectivity index (χ2n) is 9.53. The van der Waals surface area contributed by atoms with Crippen LogP contribution in [0.3, 0.4) is 0 Å². The van der Waals surface area contributed by atoms with Gasteiger partial charge in [0.05, 0.1) is 25.1 Å². The van der Waals surface area contributed by atoms with Crippen molar-refractivity contribution in [3.63, 3.8) is 0 Å². The quantitative estimate of drug-likeness (QED) is 0.126. The van der Waals surface area contributed by atoms with Gasteiger partial charge in [-0.1, -0.05) is 70.6 Å². The zero-order valence-electron chi connectivity index (χ0n) is 23.2. The number of amides is 2. The minimum absolute atomic E-state index is 0.109. The van der Waals surface area contributed by atoms with E-state index in [0.29, 0.717) is 13.0 Å². The van der Waals surface area contributed by atoms with Gasteiger partial charge in [-0.15, -0.1) is 0 Å². The summed E-state index contributed by atoms with van der Waals surface area (Å²) in [6.07, 6.45) is 12.9. The number of nitrogens with zero attached hydrogens (tertiary/aromatic N) is 3. The number of hydrogen-bond donors (Lipinski definition) is 2. The number of nitrogens with one attached hydrogen (secondary N) is 2. The van der Waals surface area contributed by atoms with Crippen LogP contribution in [0.15, 0.2) is 65.9 Å². The van der Waals surface area contributed by atoms with E-state index in [1.807, 2.05) is 60.8 Å². The smallest absolute Gasteiger partial charge is 0.259 e. The zero-order valence-corrected chi connectivity index (χ0v) is 23.2. The van der Waals surface area contributed by atoms with E-state index < -0.39 is 0 Å². The van der Waals surface area contributed by atoms with Crippen molar-refractivity contribution >= 4 is 18.0 Å². The van der Waals surface area contributed by atoms with E-state index in [-0.39, 0.29) is 18.4 Å². The number of hydrazone groups is 1. The highest BCUT2D eigenvalue weighted by Crippen LogP contribution is 2.25. The Morgan fingerprint density at radius 1 is 0.897 bits per heavy atom. The van der Waals surface area contributed by atoms with Crippen LogP contribution in [0.2, 0.25) is 0 Å². The summed E-state index contributed by atoms with van der Waals surface area (Å²) in [4.78, 5) is 24.3. The molecule has 2 N–H and O–H groups in total. The van der Waals surface area contributed by atoms with Crippen molar-refractivity contribution in [2.75, 3.05) is 13.2 Å². The van der Waals surface area contributed by atoms with E-state index in [1.54, 1.807) is 10.9 Å². The number of aromatic nitrogens is 2. The lowest BCUT2D eigenvalue weighted by atomic mass is 10.1. The maximum atomic E-state index is 12.2. The first-order valence-electron chi connectivity index (χ1n) is 14.1. The molecule has 3 aromatic rings. The molecule has 0 aliphatic heterocycles. The van der Waals surface area contributed by atoms with Gasteiger partial charge in [-0.05, 0) is 49.2 Å². The van der Waals surface area contributed by atoms with Crippen LogP contribution >= 0.6 is 0 Å². The topological polar surface area (TPSA) is 97.6 Å². The Bertz CT molecular complexity index is 1170. The summed E-state index contributed by atoms with van der Waals surface area (Å²) in [6, 6.07) is 17.5. The van der Waals surface area contributed by atoms with E-state index in [0.717, 1.165) is 53.9 Å². The summed E-state index contributed by atoms with van der Waals surface area (Å²) >= 11 is 0. The Morgan fingerprint density at radius 2 is 1.62 bits per heavy atom. The predicted octanol–water partition coefficient (Wildman–Crippen LogP) is 6.04.